The molecule has 6 nitrogen and oxygen atoms in total. The van der Waals surface area contributed by atoms with E-state index >= 15 is 0 Å². The van der Waals surface area contributed by atoms with Gasteiger partial charge in [-0.1, -0.05) is 50.2 Å². The van der Waals surface area contributed by atoms with Crippen LogP contribution < -0.4 is 15.0 Å². The Morgan fingerprint density at radius 2 is 1.76 bits per heavy atom. The van der Waals surface area contributed by atoms with Crippen LogP contribution in [0, 0.1) is 12.7 Å². The number of fused-ring (bicyclic) bond motifs is 1. The Morgan fingerprint density at radius 1 is 0.976 bits per heavy atom. The Kier molecular flexibility index (Phi) is 8.24. The maximum atomic E-state index is 13.7. The second-order valence-corrected chi connectivity index (χ2v) is 10.1. The number of ether oxygens (including phenoxy) is 2. The minimum absolute atomic E-state index is 0.206. The Balaban J connectivity index is 1.55. The molecule has 0 fully saturated rings. The molecule has 1 aromatic heterocycles. The number of halogens is 1. The first-order valence-corrected chi connectivity index (χ1v) is 13.6. The first-order valence-electron chi connectivity index (χ1n) is 13.6. The van der Waals surface area contributed by atoms with Crippen LogP contribution in [0.15, 0.2) is 94.8 Å². The molecular weight excluding hydrogens is 517 g/mol. The van der Waals surface area contributed by atoms with Gasteiger partial charge in [-0.15, -0.1) is 0 Å². The summed E-state index contributed by atoms with van der Waals surface area (Å²) >= 11 is 0. The molecule has 5 rings (SSSR count). The van der Waals surface area contributed by atoms with Crippen LogP contribution in [0.3, 0.4) is 0 Å². The zero-order valence-corrected chi connectivity index (χ0v) is 23.6. The van der Waals surface area contributed by atoms with E-state index < -0.39 is 0 Å². The van der Waals surface area contributed by atoms with Crippen molar-refractivity contribution in [1.82, 2.24) is 9.66 Å². The highest BCUT2D eigenvalue weighted by Crippen LogP contribution is 2.34. The molecule has 0 saturated carbocycles. The standard InChI is InChI=1S/C34H32FN3O3/c1-5-40-32-17-23(4)30(19-29(32)22(2)3)33-37-31-12-7-6-11-28(31)34(39)38(33)36-20-25-9-8-10-27(18-25)41-21-24-13-15-26(35)16-14-24/h6-20,22H,5,21H2,1-4H3. The van der Waals surface area contributed by atoms with Crippen LogP contribution in [0.4, 0.5) is 4.39 Å². The molecule has 0 aliphatic carbocycles. The van der Waals surface area contributed by atoms with Crippen molar-refractivity contribution < 1.29 is 13.9 Å². The number of benzene rings is 4. The van der Waals surface area contributed by atoms with Crippen molar-refractivity contribution in [3.05, 3.63) is 123 Å². The second-order valence-electron chi connectivity index (χ2n) is 10.1. The van der Waals surface area contributed by atoms with Gasteiger partial charge in [-0.25, -0.2) is 9.37 Å². The highest BCUT2D eigenvalue weighted by Gasteiger charge is 2.18. The molecule has 41 heavy (non-hydrogen) atoms. The zero-order chi connectivity index (χ0) is 28.9. The monoisotopic (exact) mass is 549 g/mol. The molecule has 4 aromatic carbocycles. The molecule has 0 spiro atoms. The lowest BCUT2D eigenvalue weighted by Gasteiger charge is -2.18. The van der Waals surface area contributed by atoms with Crippen LogP contribution in [0.5, 0.6) is 11.5 Å². The molecule has 0 saturated heterocycles. The van der Waals surface area contributed by atoms with Crippen molar-refractivity contribution in [2.45, 2.75) is 40.2 Å². The molecule has 0 amide bonds. The topological polar surface area (TPSA) is 65.7 Å². The lowest BCUT2D eigenvalue weighted by molar-refractivity contribution is 0.306. The normalized spacial score (nSPS) is 11.5. The molecule has 0 aliphatic rings. The molecule has 0 radical (unpaired) electrons. The van der Waals surface area contributed by atoms with Gasteiger partial charge in [0.15, 0.2) is 5.82 Å². The Labute approximate surface area is 238 Å². The van der Waals surface area contributed by atoms with Crippen molar-refractivity contribution in [3.8, 4) is 22.9 Å². The van der Waals surface area contributed by atoms with Gasteiger partial charge in [-0.2, -0.15) is 9.78 Å². The largest absolute Gasteiger partial charge is 0.494 e. The molecule has 5 aromatic rings. The van der Waals surface area contributed by atoms with E-state index in [0.717, 1.165) is 33.6 Å². The van der Waals surface area contributed by atoms with E-state index in [0.29, 0.717) is 35.7 Å². The maximum Gasteiger partial charge on any atom is 0.282 e. The van der Waals surface area contributed by atoms with Gasteiger partial charge in [0.25, 0.3) is 5.56 Å². The highest BCUT2D eigenvalue weighted by atomic mass is 19.1. The van der Waals surface area contributed by atoms with Crippen molar-refractivity contribution in [1.29, 1.82) is 0 Å². The molecule has 0 atom stereocenters. The van der Waals surface area contributed by atoms with E-state index in [9.17, 15) is 9.18 Å². The summed E-state index contributed by atoms with van der Waals surface area (Å²) < 4.78 is 26.4. The summed E-state index contributed by atoms with van der Waals surface area (Å²) in [5, 5.41) is 5.12. The Morgan fingerprint density at radius 3 is 2.51 bits per heavy atom. The predicted octanol–water partition coefficient (Wildman–Crippen LogP) is 7.49. The van der Waals surface area contributed by atoms with Crippen LogP contribution in [0.1, 0.15) is 48.9 Å². The van der Waals surface area contributed by atoms with E-state index in [-0.39, 0.29) is 17.3 Å². The molecule has 7 heteroatoms. The van der Waals surface area contributed by atoms with Crippen LogP contribution in [-0.4, -0.2) is 22.5 Å². The number of rotatable bonds is 9. The molecule has 1 heterocycles. The summed E-state index contributed by atoms with van der Waals surface area (Å²) in [5.74, 6) is 1.84. The van der Waals surface area contributed by atoms with Gasteiger partial charge in [0.1, 0.15) is 23.9 Å². The zero-order valence-electron chi connectivity index (χ0n) is 23.6. The van der Waals surface area contributed by atoms with Crippen LogP contribution in [-0.2, 0) is 6.61 Å². The molecule has 0 aliphatic heterocycles. The van der Waals surface area contributed by atoms with Crippen LogP contribution >= 0.6 is 0 Å². The Hall–Kier alpha value is -4.78. The first-order chi connectivity index (χ1) is 19.8. The van der Waals surface area contributed by atoms with Gasteiger partial charge >= 0.3 is 0 Å². The summed E-state index contributed by atoms with van der Waals surface area (Å²) in [5.41, 5.74) is 4.74. The van der Waals surface area contributed by atoms with Crippen LogP contribution in [0.2, 0.25) is 0 Å². The Bertz CT molecular complexity index is 1780. The van der Waals surface area contributed by atoms with Gasteiger partial charge in [0.05, 0.1) is 23.7 Å². The predicted molar refractivity (Wildman–Crippen MR) is 162 cm³/mol. The quantitative estimate of drug-likeness (QED) is 0.179. The third kappa shape index (κ3) is 6.19. The summed E-state index contributed by atoms with van der Waals surface area (Å²) in [6.45, 7) is 9.04. The summed E-state index contributed by atoms with van der Waals surface area (Å²) in [7, 11) is 0. The third-order valence-corrected chi connectivity index (χ3v) is 6.77. The SMILES string of the molecule is CCOc1cc(C)c(-c2nc3ccccc3c(=O)n2N=Cc2cccc(OCc3ccc(F)cc3)c2)cc1C(C)C. The van der Waals surface area contributed by atoms with Gasteiger partial charge in [0, 0.05) is 5.56 Å². The van der Waals surface area contributed by atoms with E-state index in [1.54, 1.807) is 24.4 Å². The first kappa shape index (κ1) is 27.8. The van der Waals surface area contributed by atoms with E-state index in [1.165, 1.54) is 16.8 Å². The fraction of sp³-hybridized carbons (Fsp3) is 0.206. The minimum atomic E-state index is -0.286. The van der Waals surface area contributed by atoms with E-state index in [2.05, 4.69) is 25.0 Å². The van der Waals surface area contributed by atoms with Crippen LogP contribution in [0.25, 0.3) is 22.3 Å². The number of aromatic nitrogens is 2. The molecule has 0 N–H and O–H groups in total. The lowest BCUT2D eigenvalue weighted by atomic mass is 9.96. The average Bonchev–Trinajstić information content (AvgIpc) is 2.97. The third-order valence-electron chi connectivity index (χ3n) is 6.77. The molecule has 208 valence electrons. The number of nitrogens with zero attached hydrogens (tertiary/aromatic N) is 3. The number of para-hydroxylation sites is 1. The smallest absolute Gasteiger partial charge is 0.282 e. The van der Waals surface area contributed by atoms with Gasteiger partial charge in [-0.3, -0.25) is 4.79 Å². The number of hydrogen-bond donors (Lipinski definition) is 0. The molecule has 0 unspecified atom stereocenters. The number of hydrogen-bond acceptors (Lipinski definition) is 5. The number of aryl methyl sites for hydroxylation is 1. The fourth-order valence-electron chi connectivity index (χ4n) is 4.63. The van der Waals surface area contributed by atoms with Crippen molar-refractivity contribution >= 4 is 17.1 Å². The van der Waals surface area contributed by atoms with Crippen molar-refractivity contribution in [3.63, 3.8) is 0 Å². The molecular formula is C34H32FN3O3. The summed E-state index contributed by atoms with van der Waals surface area (Å²) in [6.07, 6.45) is 1.62. The fourth-order valence-corrected chi connectivity index (χ4v) is 4.63. The van der Waals surface area contributed by atoms with Gasteiger partial charge in [-0.05, 0) is 90.6 Å². The van der Waals surface area contributed by atoms with E-state index in [4.69, 9.17) is 14.5 Å². The van der Waals surface area contributed by atoms with Gasteiger partial charge in [0.2, 0.25) is 0 Å². The maximum absolute atomic E-state index is 13.7. The van der Waals surface area contributed by atoms with Crippen molar-refractivity contribution in [2.24, 2.45) is 5.10 Å². The summed E-state index contributed by atoms with van der Waals surface area (Å²) in [4.78, 5) is 18.6. The second kappa shape index (κ2) is 12.2. The van der Waals surface area contributed by atoms with E-state index in [1.807, 2.05) is 62.4 Å². The highest BCUT2D eigenvalue weighted by molar-refractivity contribution is 5.82. The summed E-state index contributed by atoms with van der Waals surface area (Å²) in [6, 6.07) is 25.0. The minimum Gasteiger partial charge on any atom is -0.494 e. The van der Waals surface area contributed by atoms with Gasteiger partial charge < -0.3 is 9.47 Å². The molecule has 0 bridgehead atoms. The van der Waals surface area contributed by atoms with Crippen molar-refractivity contribution in [2.75, 3.05) is 6.61 Å². The lowest BCUT2D eigenvalue weighted by Crippen LogP contribution is -2.20. The average molecular weight is 550 g/mol.